The summed E-state index contributed by atoms with van der Waals surface area (Å²) in [4.78, 5) is 67.1. The number of hydrogen-bond acceptors (Lipinski definition) is 7. The van der Waals surface area contributed by atoms with E-state index in [-0.39, 0.29) is 36.2 Å². The van der Waals surface area contributed by atoms with E-state index in [1.165, 1.54) is 29.2 Å². The van der Waals surface area contributed by atoms with Crippen molar-refractivity contribution in [1.29, 1.82) is 0 Å². The van der Waals surface area contributed by atoms with Gasteiger partial charge in [-0.05, 0) is 61.7 Å². The topological polar surface area (TPSA) is 167 Å². The van der Waals surface area contributed by atoms with Gasteiger partial charge in [-0.2, -0.15) is 0 Å². The molecule has 2 saturated heterocycles. The zero-order valence-corrected chi connectivity index (χ0v) is 24.2. The van der Waals surface area contributed by atoms with Crippen LogP contribution >= 0.6 is 11.6 Å². The quantitative estimate of drug-likeness (QED) is 0.369. The number of nitrogens with zero attached hydrogens (tertiary/aromatic N) is 2. The van der Waals surface area contributed by atoms with Crippen LogP contribution in [0.4, 0.5) is 21.0 Å². The van der Waals surface area contributed by atoms with Crippen LogP contribution in [-0.4, -0.2) is 90.2 Å². The van der Waals surface area contributed by atoms with Gasteiger partial charge in [-0.1, -0.05) is 11.6 Å². The van der Waals surface area contributed by atoms with E-state index in [0.717, 1.165) is 0 Å². The van der Waals surface area contributed by atoms with Crippen LogP contribution in [0, 0.1) is 0 Å². The Kier molecular flexibility index (Phi) is 8.74. The molecule has 3 atom stereocenters. The van der Waals surface area contributed by atoms with Crippen molar-refractivity contribution in [3.63, 3.8) is 0 Å². The van der Waals surface area contributed by atoms with Gasteiger partial charge in [0, 0.05) is 48.6 Å². The molecule has 3 aliphatic rings. The van der Waals surface area contributed by atoms with Crippen LogP contribution in [0.2, 0.25) is 5.02 Å². The van der Waals surface area contributed by atoms with Crippen LogP contribution < -0.4 is 16.0 Å². The molecule has 5 amide bonds. The molecule has 0 aromatic heterocycles. The van der Waals surface area contributed by atoms with Crippen molar-refractivity contribution >= 4 is 52.9 Å². The SMILES string of the molecule is CO[C@@H]1CCN(C(=O)C[C@H](NC(=O)c2ccc(NC(=O)O)cc2)C(=O)N2CCC[C@@]3(C2)OC(=O)Nc2ccc(Cl)cc23)C1. The summed E-state index contributed by atoms with van der Waals surface area (Å²) in [5, 5.41) is 16.9. The molecule has 13 nitrogen and oxygen atoms in total. The molecule has 0 unspecified atom stereocenters. The summed E-state index contributed by atoms with van der Waals surface area (Å²) in [5.41, 5.74) is 0.476. The standard InChI is InChI=1S/C29H32ClN5O8/c1-42-20-9-12-34(15-20)24(36)14-23(32-25(37)17-3-6-19(7-4-17)31-27(39)40)26(38)35-11-2-10-29(16-35)21-13-18(30)5-8-22(21)33-28(41)43-29/h3-8,13,20,23,31H,2,9-12,14-16H2,1H3,(H,32,37)(H,33,41)(H,39,40)/t20-,23+,29+/m1/s1. The van der Waals surface area contributed by atoms with Crippen molar-refractivity contribution in [2.45, 2.75) is 43.4 Å². The fraction of sp³-hybridized carbons (Fsp3) is 0.414. The number of piperidine rings is 1. The molecule has 0 radical (unpaired) electrons. The maximum absolute atomic E-state index is 14.1. The Hall–Kier alpha value is -4.36. The minimum Gasteiger partial charge on any atom is -0.465 e. The molecule has 4 N–H and O–H groups in total. The smallest absolute Gasteiger partial charge is 0.412 e. The maximum Gasteiger partial charge on any atom is 0.412 e. The van der Waals surface area contributed by atoms with Gasteiger partial charge >= 0.3 is 12.2 Å². The summed E-state index contributed by atoms with van der Waals surface area (Å²) in [6, 6.07) is 9.49. The van der Waals surface area contributed by atoms with Gasteiger partial charge in [0.1, 0.15) is 6.04 Å². The first-order chi connectivity index (χ1) is 20.6. The highest BCUT2D eigenvalue weighted by atomic mass is 35.5. The highest BCUT2D eigenvalue weighted by Crippen LogP contribution is 2.43. The predicted molar refractivity (Wildman–Crippen MR) is 155 cm³/mol. The fourth-order valence-electron chi connectivity index (χ4n) is 5.82. The molecular formula is C29H32ClN5O8. The highest BCUT2D eigenvalue weighted by molar-refractivity contribution is 6.30. The molecule has 43 heavy (non-hydrogen) atoms. The normalized spacial score (nSPS) is 21.8. The van der Waals surface area contributed by atoms with Crippen molar-refractivity contribution in [2.24, 2.45) is 0 Å². The van der Waals surface area contributed by atoms with Gasteiger partial charge in [0.15, 0.2) is 5.60 Å². The van der Waals surface area contributed by atoms with Crippen LogP contribution in [0.25, 0.3) is 0 Å². The average molecular weight is 614 g/mol. The summed E-state index contributed by atoms with van der Waals surface area (Å²) in [7, 11) is 1.58. The van der Waals surface area contributed by atoms with Crippen LogP contribution in [0.1, 0.15) is 41.6 Å². The molecule has 0 bridgehead atoms. The maximum atomic E-state index is 14.1. The largest absolute Gasteiger partial charge is 0.465 e. The van der Waals surface area contributed by atoms with E-state index in [1.807, 2.05) is 0 Å². The molecule has 14 heteroatoms. The van der Waals surface area contributed by atoms with Crippen LogP contribution in [0.3, 0.4) is 0 Å². The second-order valence-corrected chi connectivity index (χ2v) is 11.2. The van der Waals surface area contributed by atoms with Crippen molar-refractivity contribution < 1.29 is 38.6 Å². The number of fused-ring (bicyclic) bond motifs is 2. The lowest BCUT2D eigenvalue weighted by molar-refractivity contribution is -0.144. The summed E-state index contributed by atoms with van der Waals surface area (Å²) < 4.78 is 11.2. The summed E-state index contributed by atoms with van der Waals surface area (Å²) >= 11 is 6.27. The lowest BCUT2D eigenvalue weighted by atomic mass is 9.83. The van der Waals surface area contributed by atoms with Gasteiger partial charge in [-0.3, -0.25) is 25.0 Å². The molecule has 3 aliphatic heterocycles. The second kappa shape index (κ2) is 12.5. The van der Waals surface area contributed by atoms with E-state index in [4.69, 9.17) is 26.2 Å². The predicted octanol–water partition coefficient (Wildman–Crippen LogP) is 3.25. The Balaban J connectivity index is 1.38. The first-order valence-electron chi connectivity index (χ1n) is 13.9. The molecule has 2 fully saturated rings. The number of nitrogens with one attached hydrogen (secondary N) is 3. The van der Waals surface area contributed by atoms with Gasteiger partial charge < -0.3 is 29.7 Å². The molecular weight excluding hydrogens is 582 g/mol. The van der Waals surface area contributed by atoms with E-state index in [2.05, 4.69) is 16.0 Å². The zero-order valence-electron chi connectivity index (χ0n) is 23.4. The third-order valence-electron chi connectivity index (χ3n) is 7.98. The molecule has 0 aliphatic carbocycles. The number of carbonyl (C=O) groups excluding carboxylic acids is 4. The van der Waals surface area contributed by atoms with Gasteiger partial charge in [0.25, 0.3) is 5.91 Å². The van der Waals surface area contributed by atoms with Gasteiger partial charge in [-0.25, -0.2) is 9.59 Å². The van der Waals surface area contributed by atoms with Crippen molar-refractivity contribution in [3.8, 4) is 0 Å². The number of benzene rings is 2. The monoisotopic (exact) mass is 613 g/mol. The van der Waals surface area contributed by atoms with E-state index >= 15 is 0 Å². The first-order valence-corrected chi connectivity index (χ1v) is 14.2. The van der Waals surface area contributed by atoms with Crippen LogP contribution in [0.15, 0.2) is 42.5 Å². The number of hydrogen-bond donors (Lipinski definition) is 4. The Morgan fingerprint density at radius 3 is 2.63 bits per heavy atom. The summed E-state index contributed by atoms with van der Waals surface area (Å²) in [6.45, 7) is 1.19. The van der Waals surface area contributed by atoms with Gasteiger partial charge in [0.2, 0.25) is 11.8 Å². The average Bonchev–Trinajstić information content (AvgIpc) is 3.47. The van der Waals surface area contributed by atoms with E-state index in [1.54, 1.807) is 30.2 Å². The second-order valence-electron chi connectivity index (χ2n) is 10.8. The fourth-order valence-corrected chi connectivity index (χ4v) is 6.00. The van der Waals surface area contributed by atoms with Crippen LogP contribution in [0.5, 0.6) is 0 Å². The Bertz CT molecular complexity index is 1440. The minimum atomic E-state index is -1.25. The third kappa shape index (κ3) is 6.67. The van der Waals surface area contributed by atoms with Gasteiger partial charge in [0.05, 0.1) is 24.8 Å². The molecule has 2 aromatic rings. The Morgan fingerprint density at radius 2 is 1.93 bits per heavy atom. The van der Waals surface area contributed by atoms with Crippen molar-refractivity contribution in [2.75, 3.05) is 43.9 Å². The molecule has 2 aromatic carbocycles. The Morgan fingerprint density at radius 1 is 1.16 bits per heavy atom. The number of anilines is 2. The zero-order chi connectivity index (χ0) is 30.7. The molecule has 5 rings (SSSR count). The Labute approximate surface area is 252 Å². The van der Waals surface area contributed by atoms with E-state index < -0.39 is 35.6 Å². The molecule has 3 heterocycles. The number of methoxy groups -OCH3 is 1. The van der Waals surface area contributed by atoms with Crippen LogP contribution in [-0.2, 0) is 24.7 Å². The third-order valence-corrected chi connectivity index (χ3v) is 8.21. The number of likely N-dealkylation sites (tertiary alicyclic amines) is 2. The van der Waals surface area contributed by atoms with E-state index in [9.17, 15) is 24.0 Å². The molecule has 228 valence electrons. The number of carbonyl (C=O) groups is 5. The van der Waals surface area contributed by atoms with E-state index in [0.29, 0.717) is 55.2 Å². The summed E-state index contributed by atoms with van der Waals surface area (Å²) in [5.74, 6) is -1.41. The lowest BCUT2D eigenvalue weighted by Crippen LogP contribution is -2.57. The highest BCUT2D eigenvalue weighted by Gasteiger charge is 2.47. The minimum absolute atomic E-state index is 0.0121. The summed E-state index contributed by atoms with van der Waals surface area (Å²) in [6.07, 6.45) is -0.661. The van der Waals surface area contributed by atoms with Crippen molar-refractivity contribution in [1.82, 2.24) is 15.1 Å². The first kappa shape index (κ1) is 30.1. The number of ether oxygens (including phenoxy) is 2. The molecule has 1 spiro atoms. The number of rotatable bonds is 7. The molecule has 0 saturated carbocycles. The number of halogens is 1. The number of carboxylic acid groups (broad SMARTS) is 1. The van der Waals surface area contributed by atoms with Crippen molar-refractivity contribution in [3.05, 3.63) is 58.6 Å². The van der Waals surface area contributed by atoms with Gasteiger partial charge in [-0.15, -0.1) is 0 Å². The lowest BCUT2D eigenvalue weighted by Gasteiger charge is -2.45. The number of amides is 5.